The summed E-state index contributed by atoms with van der Waals surface area (Å²) >= 11 is 0. The van der Waals surface area contributed by atoms with Crippen molar-refractivity contribution in [2.24, 2.45) is 11.8 Å². The largest absolute Gasteiger partial charge is 0.466 e. The molecule has 1 aliphatic rings. The van der Waals surface area contributed by atoms with Crippen molar-refractivity contribution in [3.05, 3.63) is 0 Å². The molecule has 0 radical (unpaired) electrons. The summed E-state index contributed by atoms with van der Waals surface area (Å²) in [5.41, 5.74) is 0. The summed E-state index contributed by atoms with van der Waals surface area (Å²) in [6.45, 7) is 4.72. The van der Waals surface area contributed by atoms with E-state index in [9.17, 15) is 19.8 Å². The average Bonchev–Trinajstić information content (AvgIpc) is 2.96. The first-order chi connectivity index (χ1) is 14.0. The van der Waals surface area contributed by atoms with Gasteiger partial charge in [-0.05, 0) is 44.4 Å². The lowest BCUT2D eigenvalue weighted by atomic mass is 9.85. The maximum atomic E-state index is 12.3. The number of unbranched alkanes of at least 4 members (excludes halogenated alkanes) is 5. The van der Waals surface area contributed by atoms with Gasteiger partial charge in [0.2, 0.25) is 0 Å². The molecular formula is C24H44O5. The molecule has 170 valence electrons. The van der Waals surface area contributed by atoms with Crippen LogP contribution in [0, 0.1) is 11.8 Å². The number of rotatable bonds is 17. The third-order valence-corrected chi connectivity index (χ3v) is 6.21. The molecule has 29 heavy (non-hydrogen) atoms. The molecule has 0 aromatic heterocycles. The Kier molecular flexibility index (Phi) is 14.3. The minimum atomic E-state index is -0.516. The number of carbonyl (C=O) groups is 2. The molecule has 0 heterocycles. The molecule has 0 bridgehead atoms. The van der Waals surface area contributed by atoms with Gasteiger partial charge in [-0.15, -0.1) is 0 Å². The van der Waals surface area contributed by atoms with Crippen molar-refractivity contribution in [2.45, 2.75) is 122 Å². The Balaban J connectivity index is 2.20. The van der Waals surface area contributed by atoms with Crippen LogP contribution in [0.4, 0.5) is 0 Å². The molecule has 1 aliphatic carbocycles. The smallest absolute Gasteiger partial charge is 0.305 e. The Morgan fingerprint density at radius 1 is 1.00 bits per heavy atom. The molecule has 0 aromatic rings. The van der Waals surface area contributed by atoms with E-state index in [4.69, 9.17) is 4.74 Å². The summed E-state index contributed by atoms with van der Waals surface area (Å²) < 4.78 is 5.16. The van der Waals surface area contributed by atoms with Crippen LogP contribution in [0.5, 0.6) is 0 Å². The number of esters is 1. The van der Waals surface area contributed by atoms with Crippen LogP contribution in [0.2, 0.25) is 0 Å². The highest BCUT2D eigenvalue weighted by molar-refractivity contribution is 5.84. The number of Topliss-reactive ketones (excluding diaryl/α,β-unsaturated/α-hetero) is 1. The van der Waals surface area contributed by atoms with Crippen molar-refractivity contribution in [2.75, 3.05) is 6.61 Å². The van der Waals surface area contributed by atoms with E-state index in [0.29, 0.717) is 13.0 Å². The van der Waals surface area contributed by atoms with Crippen molar-refractivity contribution < 1.29 is 24.5 Å². The van der Waals surface area contributed by atoms with Crippen molar-refractivity contribution in [1.82, 2.24) is 0 Å². The molecule has 0 aromatic carbocycles. The summed E-state index contributed by atoms with van der Waals surface area (Å²) in [4.78, 5) is 23.9. The highest BCUT2D eigenvalue weighted by Gasteiger charge is 2.40. The minimum Gasteiger partial charge on any atom is -0.466 e. The normalized spacial score (nSPS) is 22.8. The molecule has 0 saturated heterocycles. The lowest BCUT2D eigenvalue weighted by Crippen LogP contribution is -2.21. The zero-order valence-electron chi connectivity index (χ0n) is 18.7. The van der Waals surface area contributed by atoms with Crippen LogP contribution in [-0.2, 0) is 14.3 Å². The average molecular weight is 413 g/mol. The minimum absolute atomic E-state index is 0.0307. The summed E-state index contributed by atoms with van der Waals surface area (Å²) in [5.74, 6) is 0.119. The monoisotopic (exact) mass is 412 g/mol. The van der Waals surface area contributed by atoms with Crippen molar-refractivity contribution >= 4 is 11.8 Å². The molecule has 5 heteroatoms. The van der Waals surface area contributed by atoms with Gasteiger partial charge in [-0.25, -0.2) is 0 Å². The number of hydrogen-bond acceptors (Lipinski definition) is 5. The molecule has 1 rings (SSSR count). The number of aliphatic hydroxyl groups is 2. The van der Waals surface area contributed by atoms with E-state index in [1.165, 1.54) is 0 Å². The van der Waals surface area contributed by atoms with E-state index in [0.717, 1.165) is 83.5 Å². The second kappa shape index (κ2) is 15.8. The van der Waals surface area contributed by atoms with Crippen molar-refractivity contribution in [3.8, 4) is 0 Å². The fraction of sp³-hybridized carbons (Fsp3) is 0.917. The van der Waals surface area contributed by atoms with Gasteiger partial charge in [0.25, 0.3) is 0 Å². The summed E-state index contributed by atoms with van der Waals surface area (Å²) in [6, 6.07) is 0. The van der Waals surface area contributed by atoms with Gasteiger partial charge in [-0.3, -0.25) is 9.59 Å². The van der Waals surface area contributed by atoms with Gasteiger partial charge in [0, 0.05) is 18.8 Å². The molecule has 4 atom stereocenters. The molecule has 1 fully saturated rings. The topological polar surface area (TPSA) is 83.8 Å². The van der Waals surface area contributed by atoms with E-state index in [1.807, 2.05) is 0 Å². The molecule has 0 amide bonds. The van der Waals surface area contributed by atoms with Gasteiger partial charge in [-0.2, -0.15) is 0 Å². The molecule has 5 nitrogen and oxygen atoms in total. The highest BCUT2D eigenvalue weighted by Crippen LogP contribution is 2.36. The number of carbonyl (C=O) groups excluding carboxylic acids is 2. The zero-order valence-corrected chi connectivity index (χ0v) is 18.7. The Morgan fingerprint density at radius 3 is 2.41 bits per heavy atom. The standard InChI is InChI=1S/C24H44O5/c1-3-5-12-19(25)13-11-15-21-20(22(26)18-23(21)27)14-9-7-8-10-16-24(28)29-17-6-4-2/h19-21,23,25,27H,3-18H2,1-2H3/t19?,20-,21-,23-/m1/s1. The van der Waals surface area contributed by atoms with Crippen LogP contribution < -0.4 is 0 Å². The lowest BCUT2D eigenvalue weighted by molar-refractivity contribution is -0.143. The second-order valence-corrected chi connectivity index (χ2v) is 8.76. The number of hydrogen-bond donors (Lipinski definition) is 2. The third kappa shape index (κ3) is 11.1. The van der Waals surface area contributed by atoms with Crippen LogP contribution in [0.3, 0.4) is 0 Å². The fourth-order valence-electron chi connectivity index (χ4n) is 4.35. The molecule has 1 saturated carbocycles. The van der Waals surface area contributed by atoms with Gasteiger partial charge in [0.15, 0.2) is 0 Å². The third-order valence-electron chi connectivity index (χ3n) is 6.21. The number of ketones is 1. The molecular weight excluding hydrogens is 368 g/mol. The Labute approximate surface area is 177 Å². The fourth-order valence-corrected chi connectivity index (χ4v) is 4.35. The van der Waals surface area contributed by atoms with E-state index in [2.05, 4.69) is 13.8 Å². The van der Waals surface area contributed by atoms with Crippen molar-refractivity contribution in [1.29, 1.82) is 0 Å². The van der Waals surface area contributed by atoms with Crippen LogP contribution in [-0.4, -0.2) is 40.8 Å². The predicted molar refractivity (Wildman–Crippen MR) is 116 cm³/mol. The van der Waals surface area contributed by atoms with Gasteiger partial charge in [0.05, 0.1) is 18.8 Å². The lowest BCUT2D eigenvalue weighted by Gasteiger charge is -2.21. The van der Waals surface area contributed by atoms with E-state index < -0.39 is 6.10 Å². The molecule has 1 unspecified atom stereocenters. The molecule has 0 aliphatic heterocycles. The second-order valence-electron chi connectivity index (χ2n) is 8.76. The summed E-state index contributed by atoms with van der Waals surface area (Å²) in [7, 11) is 0. The number of aliphatic hydroxyl groups excluding tert-OH is 2. The van der Waals surface area contributed by atoms with Gasteiger partial charge < -0.3 is 14.9 Å². The van der Waals surface area contributed by atoms with Crippen LogP contribution in [0.15, 0.2) is 0 Å². The maximum Gasteiger partial charge on any atom is 0.305 e. The van der Waals surface area contributed by atoms with Gasteiger partial charge in [-0.1, -0.05) is 58.8 Å². The van der Waals surface area contributed by atoms with E-state index in [1.54, 1.807) is 0 Å². The first-order valence-corrected chi connectivity index (χ1v) is 12.0. The van der Waals surface area contributed by atoms with Gasteiger partial charge in [0.1, 0.15) is 5.78 Å². The summed E-state index contributed by atoms with van der Waals surface area (Å²) in [6.07, 6.45) is 12.0. The molecule has 2 N–H and O–H groups in total. The van der Waals surface area contributed by atoms with Crippen molar-refractivity contribution in [3.63, 3.8) is 0 Å². The van der Waals surface area contributed by atoms with Crippen LogP contribution in [0.1, 0.15) is 110 Å². The predicted octanol–water partition coefficient (Wildman–Crippen LogP) is 4.96. The SMILES string of the molecule is CCCCOC(=O)CCCCCC[C@H]1C(=O)C[C@@H](O)[C@@H]1CCCC(O)CCCC. The maximum absolute atomic E-state index is 12.3. The van der Waals surface area contributed by atoms with Crippen LogP contribution in [0.25, 0.3) is 0 Å². The zero-order chi connectivity index (χ0) is 21.5. The highest BCUT2D eigenvalue weighted by atomic mass is 16.5. The van der Waals surface area contributed by atoms with E-state index in [-0.39, 0.29) is 36.1 Å². The Hall–Kier alpha value is -0.940. The first-order valence-electron chi connectivity index (χ1n) is 12.0. The first kappa shape index (κ1) is 26.1. The Morgan fingerprint density at radius 2 is 1.69 bits per heavy atom. The quantitative estimate of drug-likeness (QED) is 0.261. The Bertz CT molecular complexity index is 451. The van der Waals surface area contributed by atoms with Crippen LogP contribution >= 0.6 is 0 Å². The van der Waals surface area contributed by atoms with E-state index >= 15 is 0 Å². The summed E-state index contributed by atoms with van der Waals surface area (Å²) in [5, 5.41) is 20.3. The van der Waals surface area contributed by atoms with Gasteiger partial charge >= 0.3 is 5.97 Å². The molecule has 0 spiro atoms. The number of ether oxygens (including phenoxy) is 1.